The van der Waals surface area contributed by atoms with E-state index in [1.165, 1.54) is 18.3 Å². The lowest BCUT2D eigenvalue weighted by Crippen LogP contribution is -2.31. The third-order valence-electron chi connectivity index (χ3n) is 4.34. The highest BCUT2D eigenvalue weighted by molar-refractivity contribution is 9.10. The predicted octanol–water partition coefficient (Wildman–Crippen LogP) is 4.60. The minimum Gasteiger partial charge on any atom is -0.456 e. The van der Waals surface area contributed by atoms with Gasteiger partial charge in [0, 0.05) is 16.5 Å². The molecule has 156 valence electrons. The molecule has 1 atom stereocenters. The molecule has 3 aromatic rings. The molecule has 1 heterocycles. The van der Waals surface area contributed by atoms with Gasteiger partial charge < -0.3 is 14.5 Å². The first-order valence-corrected chi connectivity index (χ1v) is 10.1. The number of hydrogen-bond acceptors (Lipinski definition) is 5. The molecule has 0 aliphatic rings. The summed E-state index contributed by atoms with van der Waals surface area (Å²) in [6.45, 7) is 1.50. The lowest BCUT2D eigenvalue weighted by atomic mass is 10.1. The monoisotopic (exact) mass is 474 g/mol. The number of rotatable bonds is 8. The number of halogens is 2. The zero-order valence-electron chi connectivity index (χ0n) is 16.2. The summed E-state index contributed by atoms with van der Waals surface area (Å²) in [5, 5.41) is 2.78. The van der Waals surface area contributed by atoms with Crippen molar-refractivity contribution in [1.29, 1.82) is 0 Å². The Morgan fingerprint density at radius 2 is 1.87 bits per heavy atom. The first-order valence-electron chi connectivity index (χ1n) is 9.32. The van der Waals surface area contributed by atoms with Crippen molar-refractivity contribution in [3.8, 4) is 11.3 Å². The largest absolute Gasteiger partial charge is 0.456 e. The summed E-state index contributed by atoms with van der Waals surface area (Å²) in [7, 11) is 0. The molecule has 0 radical (unpaired) electrons. The summed E-state index contributed by atoms with van der Waals surface area (Å²) < 4.78 is 24.5. The fraction of sp³-hybridized carbons (Fsp3) is 0.227. The van der Waals surface area contributed by atoms with Crippen molar-refractivity contribution in [2.24, 2.45) is 0 Å². The van der Waals surface area contributed by atoms with Crippen LogP contribution in [0.3, 0.4) is 0 Å². The Labute approximate surface area is 181 Å². The van der Waals surface area contributed by atoms with Crippen molar-refractivity contribution in [1.82, 2.24) is 10.3 Å². The Morgan fingerprint density at radius 3 is 2.57 bits per heavy atom. The molecule has 0 fully saturated rings. The summed E-state index contributed by atoms with van der Waals surface area (Å²) in [4.78, 5) is 28.0. The maximum atomic E-state index is 13.0. The highest BCUT2D eigenvalue weighted by atomic mass is 79.9. The van der Waals surface area contributed by atoms with Crippen LogP contribution in [0.25, 0.3) is 11.3 Å². The first kappa shape index (κ1) is 21.7. The van der Waals surface area contributed by atoms with Gasteiger partial charge in [0.1, 0.15) is 5.82 Å². The Bertz CT molecular complexity index is 1000. The van der Waals surface area contributed by atoms with Crippen LogP contribution in [0.15, 0.2) is 63.6 Å². The molecule has 1 unspecified atom stereocenters. The lowest BCUT2D eigenvalue weighted by Gasteiger charge is -2.14. The van der Waals surface area contributed by atoms with Crippen LogP contribution in [0.1, 0.15) is 30.8 Å². The van der Waals surface area contributed by atoms with Crippen LogP contribution in [0.2, 0.25) is 0 Å². The number of nitrogens with one attached hydrogen (secondary N) is 1. The molecule has 1 aromatic heterocycles. The van der Waals surface area contributed by atoms with Crippen LogP contribution in [0.5, 0.6) is 0 Å². The minimum absolute atomic E-state index is 0.0267. The second-order valence-electron chi connectivity index (χ2n) is 6.63. The van der Waals surface area contributed by atoms with Crippen molar-refractivity contribution in [3.63, 3.8) is 0 Å². The van der Waals surface area contributed by atoms with E-state index in [0.717, 1.165) is 10.0 Å². The van der Waals surface area contributed by atoms with E-state index in [-0.39, 0.29) is 37.2 Å². The normalized spacial score (nSPS) is 11.7. The van der Waals surface area contributed by atoms with E-state index >= 15 is 0 Å². The Balaban J connectivity index is 1.41. The number of aromatic nitrogens is 1. The van der Waals surface area contributed by atoms with Crippen LogP contribution in [0, 0.1) is 5.82 Å². The fourth-order valence-corrected chi connectivity index (χ4v) is 2.98. The quantitative estimate of drug-likeness (QED) is 0.482. The first-order chi connectivity index (χ1) is 14.4. The molecule has 6 nitrogen and oxygen atoms in total. The Morgan fingerprint density at radius 1 is 1.17 bits per heavy atom. The number of carbonyl (C=O) groups excluding carboxylic acids is 2. The SMILES string of the molecule is CC(NC(=O)COC(=O)CCc1ncc(-c2ccc(F)cc2)o1)c1ccc(Br)cc1. The van der Waals surface area contributed by atoms with Gasteiger partial charge in [0.25, 0.3) is 5.91 Å². The summed E-state index contributed by atoms with van der Waals surface area (Å²) in [6.07, 6.45) is 1.78. The average molecular weight is 475 g/mol. The molecular formula is C22H20BrFN2O4. The summed E-state index contributed by atoms with van der Waals surface area (Å²) >= 11 is 3.36. The van der Waals surface area contributed by atoms with Crippen LogP contribution in [0.4, 0.5) is 4.39 Å². The van der Waals surface area contributed by atoms with Crippen LogP contribution in [-0.2, 0) is 20.7 Å². The number of hydrogen-bond donors (Lipinski definition) is 1. The van der Waals surface area contributed by atoms with Crippen molar-refractivity contribution in [2.45, 2.75) is 25.8 Å². The number of carbonyl (C=O) groups is 2. The van der Waals surface area contributed by atoms with Crippen molar-refractivity contribution >= 4 is 27.8 Å². The molecule has 0 saturated carbocycles. The molecule has 0 aliphatic carbocycles. The van der Waals surface area contributed by atoms with Gasteiger partial charge in [-0.15, -0.1) is 0 Å². The smallest absolute Gasteiger partial charge is 0.306 e. The molecule has 8 heteroatoms. The van der Waals surface area contributed by atoms with Gasteiger partial charge in [-0.2, -0.15) is 0 Å². The zero-order chi connectivity index (χ0) is 21.5. The van der Waals surface area contributed by atoms with E-state index in [9.17, 15) is 14.0 Å². The van der Waals surface area contributed by atoms with Crippen molar-refractivity contribution in [3.05, 3.63) is 76.5 Å². The van der Waals surface area contributed by atoms with Gasteiger partial charge in [0.15, 0.2) is 18.3 Å². The summed E-state index contributed by atoms with van der Waals surface area (Å²) in [5.41, 5.74) is 1.63. The zero-order valence-corrected chi connectivity index (χ0v) is 17.8. The van der Waals surface area contributed by atoms with Gasteiger partial charge in [-0.1, -0.05) is 28.1 Å². The summed E-state index contributed by atoms with van der Waals surface area (Å²) in [6, 6.07) is 13.2. The van der Waals surface area contributed by atoms with E-state index in [2.05, 4.69) is 26.2 Å². The highest BCUT2D eigenvalue weighted by Gasteiger charge is 2.13. The maximum absolute atomic E-state index is 13.0. The number of amides is 1. The van der Waals surface area contributed by atoms with Crippen LogP contribution in [-0.4, -0.2) is 23.5 Å². The second-order valence-corrected chi connectivity index (χ2v) is 7.54. The topological polar surface area (TPSA) is 81.4 Å². The predicted molar refractivity (Wildman–Crippen MR) is 112 cm³/mol. The van der Waals surface area contributed by atoms with E-state index in [1.54, 1.807) is 12.1 Å². The lowest BCUT2D eigenvalue weighted by molar-refractivity contribution is -0.148. The summed E-state index contributed by atoms with van der Waals surface area (Å²) in [5.74, 6) is -0.396. The number of ether oxygens (including phenoxy) is 1. The van der Waals surface area contributed by atoms with Gasteiger partial charge in [-0.25, -0.2) is 9.37 Å². The maximum Gasteiger partial charge on any atom is 0.306 e. The van der Waals surface area contributed by atoms with E-state index in [0.29, 0.717) is 17.2 Å². The molecule has 1 amide bonds. The van der Waals surface area contributed by atoms with Crippen LogP contribution >= 0.6 is 15.9 Å². The van der Waals surface area contributed by atoms with Gasteiger partial charge in [-0.05, 0) is 48.9 Å². The van der Waals surface area contributed by atoms with Crippen LogP contribution < -0.4 is 5.32 Å². The molecule has 30 heavy (non-hydrogen) atoms. The van der Waals surface area contributed by atoms with Gasteiger partial charge in [0.05, 0.1) is 18.7 Å². The van der Waals surface area contributed by atoms with E-state index < -0.39 is 5.97 Å². The Kier molecular flexibility index (Phi) is 7.35. The van der Waals surface area contributed by atoms with Gasteiger partial charge in [-0.3, -0.25) is 9.59 Å². The third kappa shape index (κ3) is 6.25. The molecule has 0 spiro atoms. The number of esters is 1. The number of oxazole rings is 1. The fourth-order valence-electron chi connectivity index (χ4n) is 2.72. The van der Waals surface area contributed by atoms with E-state index in [1.807, 2.05) is 31.2 Å². The molecule has 3 rings (SSSR count). The van der Waals surface area contributed by atoms with Crippen molar-refractivity contribution < 1.29 is 23.1 Å². The second kappa shape index (κ2) is 10.2. The highest BCUT2D eigenvalue weighted by Crippen LogP contribution is 2.21. The molecule has 0 aliphatic heterocycles. The average Bonchev–Trinajstić information content (AvgIpc) is 3.21. The minimum atomic E-state index is -0.525. The Hall–Kier alpha value is -3.00. The standard InChI is InChI=1S/C22H20BrFN2O4/c1-14(15-2-6-17(23)7-3-15)26-20(27)13-29-22(28)11-10-21-25-12-19(30-21)16-4-8-18(24)9-5-16/h2-9,12,14H,10-11,13H2,1H3,(H,26,27). The molecule has 1 N–H and O–H groups in total. The molecule has 2 aromatic carbocycles. The van der Waals surface area contributed by atoms with E-state index in [4.69, 9.17) is 9.15 Å². The molecule has 0 saturated heterocycles. The number of nitrogens with zero attached hydrogens (tertiary/aromatic N) is 1. The molecular weight excluding hydrogens is 455 g/mol. The number of benzene rings is 2. The third-order valence-corrected chi connectivity index (χ3v) is 4.87. The van der Waals surface area contributed by atoms with Crippen molar-refractivity contribution in [2.75, 3.05) is 6.61 Å². The number of aryl methyl sites for hydroxylation is 1. The molecule has 0 bridgehead atoms. The van der Waals surface area contributed by atoms with Gasteiger partial charge in [0.2, 0.25) is 0 Å². The van der Waals surface area contributed by atoms with Gasteiger partial charge >= 0.3 is 5.97 Å².